The average Bonchev–Trinajstić information content (AvgIpc) is 2.49. The molecule has 0 aliphatic carbocycles. The predicted octanol–water partition coefficient (Wildman–Crippen LogP) is 2.89. The Balaban J connectivity index is 2.68. The van der Waals surface area contributed by atoms with E-state index >= 15 is 0 Å². The summed E-state index contributed by atoms with van der Waals surface area (Å²) in [6.07, 6.45) is 3.33. The third kappa shape index (κ3) is 3.47. The fraction of sp³-hybridized carbons (Fsp3) is 0.556. The van der Waals surface area contributed by atoms with E-state index in [0.717, 1.165) is 41.7 Å². The van der Waals surface area contributed by atoms with Gasteiger partial charge in [0.15, 0.2) is 0 Å². The van der Waals surface area contributed by atoms with Gasteiger partial charge < -0.3 is 21.3 Å². The molecule has 0 aromatic heterocycles. The monoisotopic (exact) mass is 332 g/mol. The third-order valence-corrected chi connectivity index (χ3v) is 4.45. The zero-order valence-corrected chi connectivity index (χ0v) is 15.2. The number of fused-ring (bicyclic) bond motifs is 1. The maximum Gasteiger partial charge on any atom is 0.211 e. The molecule has 132 valence electrons. The van der Waals surface area contributed by atoms with Gasteiger partial charge in [-0.2, -0.15) is 5.10 Å². The molecule has 0 saturated heterocycles. The van der Waals surface area contributed by atoms with E-state index in [0.29, 0.717) is 17.7 Å². The van der Waals surface area contributed by atoms with Crippen molar-refractivity contribution in [3.8, 4) is 11.5 Å². The van der Waals surface area contributed by atoms with Crippen molar-refractivity contribution in [3.63, 3.8) is 0 Å². The number of nitrogens with zero attached hydrogens (tertiary/aromatic N) is 2. The molecule has 1 heterocycles. The molecule has 6 heteroatoms. The topological polar surface area (TPSA) is 106 Å². The summed E-state index contributed by atoms with van der Waals surface area (Å²) in [5.41, 5.74) is 14.7. The maximum absolute atomic E-state index is 10.8. The number of rotatable bonds is 4. The van der Waals surface area contributed by atoms with Gasteiger partial charge in [-0.15, -0.1) is 5.10 Å². The molecular formula is C18H28N4O2. The third-order valence-electron chi connectivity index (χ3n) is 4.45. The van der Waals surface area contributed by atoms with Crippen molar-refractivity contribution in [2.45, 2.75) is 65.9 Å². The maximum atomic E-state index is 10.8. The van der Waals surface area contributed by atoms with Crippen molar-refractivity contribution < 1.29 is 9.84 Å². The number of nitrogens with two attached hydrogens (primary N) is 2. The molecule has 24 heavy (non-hydrogen) atoms. The normalized spacial score (nSPS) is 16.3. The van der Waals surface area contributed by atoms with Crippen molar-refractivity contribution in [1.29, 1.82) is 0 Å². The molecule has 0 radical (unpaired) electrons. The summed E-state index contributed by atoms with van der Waals surface area (Å²) in [6, 6.07) is 0. The van der Waals surface area contributed by atoms with Gasteiger partial charge >= 0.3 is 0 Å². The summed E-state index contributed by atoms with van der Waals surface area (Å²) in [7, 11) is 0. The smallest absolute Gasteiger partial charge is 0.211 e. The Hall–Kier alpha value is -2.24. The average molecular weight is 332 g/mol. The van der Waals surface area contributed by atoms with Crippen molar-refractivity contribution in [2.24, 2.45) is 21.7 Å². The van der Waals surface area contributed by atoms with Crippen LogP contribution in [0, 0.1) is 13.8 Å². The molecule has 0 atom stereocenters. The van der Waals surface area contributed by atoms with Crippen molar-refractivity contribution in [3.05, 3.63) is 22.3 Å². The van der Waals surface area contributed by atoms with Gasteiger partial charge in [0.05, 0.1) is 5.71 Å². The van der Waals surface area contributed by atoms with Crippen LogP contribution in [0.4, 0.5) is 0 Å². The summed E-state index contributed by atoms with van der Waals surface area (Å²) in [5.74, 6) is 0.991. The van der Waals surface area contributed by atoms with Crippen LogP contribution in [-0.2, 0) is 6.42 Å². The lowest BCUT2D eigenvalue weighted by atomic mass is 9.86. The van der Waals surface area contributed by atoms with Crippen LogP contribution < -0.4 is 16.2 Å². The zero-order chi connectivity index (χ0) is 18.1. The molecule has 0 amide bonds. The second-order valence-corrected chi connectivity index (χ2v) is 6.96. The molecule has 0 spiro atoms. The van der Waals surface area contributed by atoms with Gasteiger partial charge in [0.2, 0.25) is 5.96 Å². The highest BCUT2D eigenvalue weighted by Crippen LogP contribution is 2.44. The minimum atomic E-state index is -0.222. The van der Waals surface area contributed by atoms with Crippen molar-refractivity contribution >= 4 is 11.7 Å². The first-order chi connectivity index (χ1) is 11.2. The van der Waals surface area contributed by atoms with Gasteiger partial charge in [0.1, 0.15) is 17.1 Å². The molecule has 1 aromatic carbocycles. The van der Waals surface area contributed by atoms with Crippen LogP contribution >= 0.6 is 0 Å². The highest BCUT2D eigenvalue weighted by molar-refractivity contribution is 6.05. The minimum Gasteiger partial charge on any atom is -0.507 e. The Bertz CT molecular complexity index is 702. The molecular weight excluding hydrogens is 304 g/mol. The van der Waals surface area contributed by atoms with Crippen LogP contribution in [-0.4, -0.2) is 22.4 Å². The molecule has 1 aromatic rings. The fourth-order valence-corrected chi connectivity index (χ4v) is 3.14. The van der Waals surface area contributed by atoms with E-state index in [2.05, 4.69) is 24.1 Å². The van der Waals surface area contributed by atoms with Crippen LogP contribution in [0.5, 0.6) is 11.5 Å². The summed E-state index contributed by atoms with van der Waals surface area (Å²) < 4.78 is 6.23. The van der Waals surface area contributed by atoms with Gasteiger partial charge in [-0.3, -0.25) is 0 Å². The van der Waals surface area contributed by atoms with Gasteiger partial charge in [0.25, 0.3) is 0 Å². The second kappa shape index (κ2) is 6.71. The van der Waals surface area contributed by atoms with Crippen LogP contribution in [0.3, 0.4) is 0 Å². The molecule has 0 unspecified atom stereocenters. The number of phenolic OH excluding ortho intramolecular Hbond substituents is 1. The van der Waals surface area contributed by atoms with Gasteiger partial charge in [-0.25, -0.2) is 0 Å². The van der Waals surface area contributed by atoms with Crippen molar-refractivity contribution in [1.82, 2.24) is 0 Å². The number of aromatic hydroxyl groups is 1. The molecule has 5 N–H and O–H groups in total. The molecule has 0 saturated carbocycles. The van der Waals surface area contributed by atoms with E-state index in [-0.39, 0.29) is 17.3 Å². The Labute approximate surface area is 143 Å². The number of hydrogen-bond acceptors (Lipinski definition) is 4. The lowest BCUT2D eigenvalue weighted by molar-refractivity contribution is 0.0832. The van der Waals surface area contributed by atoms with Crippen LogP contribution in [0.1, 0.15) is 62.3 Å². The quantitative estimate of drug-likeness (QED) is 0.448. The highest BCUT2D eigenvalue weighted by atomic mass is 16.5. The summed E-state index contributed by atoms with van der Waals surface area (Å²) in [5, 5.41) is 18.7. The Morgan fingerprint density at radius 1 is 1.21 bits per heavy atom. The van der Waals surface area contributed by atoms with E-state index in [1.807, 2.05) is 20.8 Å². The summed E-state index contributed by atoms with van der Waals surface area (Å²) in [4.78, 5) is 0. The van der Waals surface area contributed by atoms with Gasteiger partial charge in [-0.05, 0) is 52.5 Å². The summed E-state index contributed by atoms with van der Waals surface area (Å²) in [6.45, 7) is 10.1. The lowest BCUT2D eigenvalue weighted by Crippen LogP contribution is -2.33. The molecule has 0 fully saturated rings. The molecule has 2 rings (SSSR count). The minimum absolute atomic E-state index is 0.104. The largest absolute Gasteiger partial charge is 0.507 e. The van der Waals surface area contributed by atoms with Crippen LogP contribution in [0.25, 0.3) is 0 Å². The molecule has 1 aliphatic rings. The van der Waals surface area contributed by atoms with E-state index in [9.17, 15) is 5.11 Å². The first kappa shape index (κ1) is 18.1. The first-order valence-electron chi connectivity index (χ1n) is 8.37. The van der Waals surface area contributed by atoms with E-state index in [4.69, 9.17) is 16.2 Å². The number of guanidine groups is 1. The van der Waals surface area contributed by atoms with E-state index < -0.39 is 0 Å². The SMILES string of the molecule is CCC/C(=N\N=C(N)N)c1c(C)c2c(c(C)c1O)CCC(C)(C)O2. The second-order valence-electron chi connectivity index (χ2n) is 6.96. The molecule has 6 nitrogen and oxygen atoms in total. The van der Waals surface area contributed by atoms with Crippen LogP contribution in [0.15, 0.2) is 10.2 Å². The van der Waals surface area contributed by atoms with Crippen LogP contribution in [0.2, 0.25) is 0 Å². The van der Waals surface area contributed by atoms with E-state index in [1.54, 1.807) is 0 Å². The number of phenols is 1. The number of hydrogen-bond donors (Lipinski definition) is 3. The standard InChI is InChI=1S/C18H28N4O2/c1-6-7-13(21-22-17(19)20)14-11(3)16-12(10(2)15(14)23)8-9-18(4,5)24-16/h23H,6-9H2,1-5H3,(H4,19,20,22)/b21-13+. The first-order valence-corrected chi connectivity index (χ1v) is 8.37. The highest BCUT2D eigenvalue weighted by Gasteiger charge is 2.32. The van der Waals surface area contributed by atoms with E-state index in [1.165, 1.54) is 0 Å². The Morgan fingerprint density at radius 2 is 1.88 bits per heavy atom. The lowest BCUT2D eigenvalue weighted by Gasteiger charge is -2.35. The zero-order valence-electron chi connectivity index (χ0n) is 15.2. The van der Waals surface area contributed by atoms with Gasteiger partial charge in [0, 0.05) is 16.7 Å². The number of benzene rings is 1. The predicted molar refractivity (Wildman–Crippen MR) is 97.9 cm³/mol. The van der Waals surface area contributed by atoms with Crippen molar-refractivity contribution in [2.75, 3.05) is 0 Å². The van der Waals surface area contributed by atoms with Gasteiger partial charge in [-0.1, -0.05) is 13.3 Å². The Kier molecular flexibility index (Phi) is 5.06. The molecule has 0 bridgehead atoms. The Morgan fingerprint density at radius 3 is 2.46 bits per heavy atom. The fourth-order valence-electron chi connectivity index (χ4n) is 3.14. The molecule has 1 aliphatic heterocycles. The summed E-state index contributed by atoms with van der Waals surface area (Å²) >= 11 is 0. The number of ether oxygens (including phenoxy) is 1.